The summed E-state index contributed by atoms with van der Waals surface area (Å²) in [6, 6.07) is 7.46. The van der Waals surface area contributed by atoms with Crippen molar-refractivity contribution in [3.63, 3.8) is 0 Å². The molecule has 5 rings (SSSR count). The van der Waals surface area contributed by atoms with Crippen molar-refractivity contribution in [3.8, 4) is 22.5 Å². The first-order chi connectivity index (χ1) is 14.2. The lowest BCUT2D eigenvalue weighted by atomic mass is 10.00. The van der Waals surface area contributed by atoms with Gasteiger partial charge in [-0.15, -0.1) is 0 Å². The smallest absolute Gasteiger partial charge is 0.220 e. The number of fused-ring (bicyclic) bond motifs is 1. The van der Waals surface area contributed by atoms with Crippen LogP contribution >= 0.6 is 0 Å². The van der Waals surface area contributed by atoms with Crippen LogP contribution in [-0.4, -0.2) is 51.5 Å². The molecule has 0 unspecified atom stereocenters. The van der Waals surface area contributed by atoms with Gasteiger partial charge in [0, 0.05) is 42.6 Å². The van der Waals surface area contributed by atoms with E-state index in [9.17, 15) is 4.39 Å². The number of aromatic nitrogens is 5. The van der Waals surface area contributed by atoms with Crippen molar-refractivity contribution in [1.29, 1.82) is 0 Å². The average molecular weight is 390 g/mol. The molecule has 0 aromatic carbocycles. The zero-order valence-electron chi connectivity index (χ0n) is 15.9. The van der Waals surface area contributed by atoms with E-state index in [1.807, 2.05) is 31.2 Å². The summed E-state index contributed by atoms with van der Waals surface area (Å²) in [6.07, 6.45) is 4.91. The van der Waals surface area contributed by atoms with Gasteiger partial charge in [0.05, 0.1) is 18.9 Å². The zero-order chi connectivity index (χ0) is 19.8. The van der Waals surface area contributed by atoms with E-state index in [2.05, 4.69) is 25.1 Å². The van der Waals surface area contributed by atoms with E-state index < -0.39 is 5.95 Å². The highest BCUT2D eigenvalue weighted by molar-refractivity contribution is 6.01. The number of halogens is 1. The van der Waals surface area contributed by atoms with Crippen molar-refractivity contribution in [2.24, 2.45) is 0 Å². The molecule has 1 aliphatic heterocycles. The highest BCUT2D eigenvalue weighted by atomic mass is 19.1. The standard InChI is InChI=1S/C21H19FN6O/c1-13-10-16(21(22)24-12-13)15-11-18(28-6-8-29-9-7-28)26-19-14(15)2-4-23-20(19)17-3-5-25-27-17/h2-5,10-12H,6-9H2,1H3,(H,25,27). The largest absolute Gasteiger partial charge is 0.378 e. The molecule has 4 aromatic heterocycles. The fourth-order valence-electron chi connectivity index (χ4n) is 3.64. The van der Waals surface area contributed by atoms with Gasteiger partial charge in [0.2, 0.25) is 5.95 Å². The van der Waals surface area contributed by atoms with Crippen molar-refractivity contribution in [3.05, 3.63) is 54.4 Å². The third-order valence-electron chi connectivity index (χ3n) is 5.07. The lowest BCUT2D eigenvalue weighted by Gasteiger charge is -2.28. The number of ether oxygens (including phenoxy) is 1. The molecule has 0 bridgehead atoms. The number of aromatic amines is 1. The van der Waals surface area contributed by atoms with Gasteiger partial charge in [-0.2, -0.15) is 9.49 Å². The molecule has 0 radical (unpaired) electrons. The second-order valence-corrected chi connectivity index (χ2v) is 7.00. The zero-order valence-corrected chi connectivity index (χ0v) is 15.9. The van der Waals surface area contributed by atoms with Crippen LogP contribution in [0.5, 0.6) is 0 Å². The van der Waals surface area contributed by atoms with Crippen LogP contribution in [0.4, 0.5) is 10.2 Å². The van der Waals surface area contributed by atoms with Gasteiger partial charge in [0.25, 0.3) is 0 Å². The first-order valence-electron chi connectivity index (χ1n) is 9.45. The maximum atomic E-state index is 14.7. The molecule has 1 saturated heterocycles. The van der Waals surface area contributed by atoms with E-state index in [-0.39, 0.29) is 0 Å². The van der Waals surface area contributed by atoms with Gasteiger partial charge in [0.15, 0.2) is 0 Å². The Labute approximate surface area is 166 Å². The minimum absolute atomic E-state index is 0.452. The SMILES string of the molecule is Cc1cnc(F)c(-c2cc(N3CCOCC3)nc3c(-c4ccn[nH]4)nccc23)c1. The lowest BCUT2D eigenvalue weighted by molar-refractivity contribution is 0.122. The lowest BCUT2D eigenvalue weighted by Crippen LogP contribution is -2.36. The van der Waals surface area contributed by atoms with Crippen molar-refractivity contribution < 1.29 is 9.13 Å². The van der Waals surface area contributed by atoms with Crippen LogP contribution in [0.3, 0.4) is 0 Å². The number of hydrogen-bond acceptors (Lipinski definition) is 6. The predicted octanol–water partition coefficient (Wildman–Crippen LogP) is 3.37. The molecule has 1 aliphatic rings. The van der Waals surface area contributed by atoms with Gasteiger partial charge in [-0.1, -0.05) is 0 Å². The molecule has 0 saturated carbocycles. The minimum atomic E-state index is -0.504. The summed E-state index contributed by atoms with van der Waals surface area (Å²) in [5.41, 5.74) is 4.22. The Morgan fingerprint density at radius 2 is 1.93 bits per heavy atom. The maximum Gasteiger partial charge on any atom is 0.220 e. The van der Waals surface area contributed by atoms with Gasteiger partial charge in [-0.3, -0.25) is 10.1 Å². The second kappa shape index (κ2) is 7.21. The fourth-order valence-corrected chi connectivity index (χ4v) is 3.64. The summed E-state index contributed by atoms with van der Waals surface area (Å²) < 4.78 is 20.2. The normalized spacial score (nSPS) is 14.5. The monoisotopic (exact) mass is 390 g/mol. The minimum Gasteiger partial charge on any atom is -0.378 e. The fraction of sp³-hybridized carbons (Fsp3) is 0.238. The molecule has 29 heavy (non-hydrogen) atoms. The molecule has 0 atom stereocenters. The van der Waals surface area contributed by atoms with E-state index in [0.29, 0.717) is 30.0 Å². The van der Waals surface area contributed by atoms with Gasteiger partial charge < -0.3 is 9.64 Å². The third kappa shape index (κ3) is 3.21. The van der Waals surface area contributed by atoms with Crippen molar-refractivity contribution in [2.75, 3.05) is 31.2 Å². The molecule has 0 aliphatic carbocycles. The summed E-state index contributed by atoms with van der Waals surface area (Å²) in [7, 11) is 0. The first kappa shape index (κ1) is 17.7. The number of morpholine rings is 1. The number of pyridine rings is 3. The van der Waals surface area contributed by atoms with Crippen LogP contribution in [0.15, 0.2) is 42.9 Å². The van der Waals surface area contributed by atoms with Gasteiger partial charge in [0.1, 0.15) is 17.0 Å². The Kier molecular flexibility index (Phi) is 4.40. The Balaban J connectivity index is 1.80. The number of anilines is 1. The Morgan fingerprint density at radius 1 is 1.07 bits per heavy atom. The van der Waals surface area contributed by atoms with Crippen molar-refractivity contribution in [2.45, 2.75) is 6.92 Å². The van der Waals surface area contributed by atoms with Crippen LogP contribution in [0, 0.1) is 12.9 Å². The van der Waals surface area contributed by atoms with Crippen LogP contribution < -0.4 is 4.90 Å². The van der Waals surface area contributed by atoms with Gasteiger partial charge in [-0.25, -0.2) is 9.97 Å². The summed E-state index contributed by atoms with van der Waals surface area (Å²) >= 11 is 0. The van der Waals surface area contributed by atoms with Crippen LogP contribution in [0.1, 0.15) is 5.56 Å². The van der Waals surface area contributed by atoms with E-state index >= 15 is 0 Å². The summed E-state index contributed by atoms with van der Waals surface area (Å²) in [6.45, 7) is 4.63. The first-order valence-corrected chi connectivity index (χ1v) is 9.45. The number of hydrogen-bond donors (Lipinski definition) is 1. The highest BCUT2D eigenvalue weighted by Crippen LogP contribution is 2.36. The molecule has 7 nitrogen and oxygen atoms in total. The molecular formula is C21H19FN6O. The Hall–Kier alpha value is -3.39. The molecule has 8 heteroatoms. The highest BCUT2D eigenvalue weighted by Gasteiger charge is 2.20. The van der Waals surface area contributed by atoms with Crippen molar-refractivity contribution >= 4 is 16.7 Å². The van der Waals surface area contributed by atoms with Crippen LogP contribution in [-0.2, 0) is 4.74 Å². The predicted molar refractivity (Wildman–Crippen MR) is 108 cm³/mol. The molecule has 0 amide bonds. The number of nitrogens with one attached hydrogen (secondary N) is 1. The van der Waals surface area contributed by atoms with E-state index in [0.717, 1.165) is 41.1 Å². The second-order valence-electron chi connectivity index (χ2n) is 7.00. The topological polar surface area (TPSA) is 79.8 Å². The summed E-state index contributed by atoms with van der Waals surface area (Å²) in [5, 5.41) is 7.80. The summed E-state index contributed by atoms with van der Waals surface area (Å²) in [5.74, 6) is 0.265. The number of rotatable bonds is 3. The van der Waals surface area contributed by atoms with Crippen LogP contribution in [0.2, 0.25) is 0 Å². The number of H-pyrrole nitrogens is 1. The molecule has 5 heterocycles. The quantitative estimate of drug-likeness (QED) is 0.541. The molecule has 0 spiro atoms. The Morgan fingerprint density at radius 3 is 2.72 bits per heavy atom. The van der Waals surface area contributed by atoms with E-state index in [1.165, 1.54) is 6.20 Å². The maximum absolute atomic E-state index is 14.7. The Bertz CT molecular complexity index is 1170. The molecule has 1 N–H and O–H groups in total. The molecule has 146 valence electrons. The summed E-state index contributed by atoms with van der Waals surface area (Å²) in [4.78, 5) is 15.5. The molecular weight excluding hydrogens is 371 g/mol. The number of aryl methyl sites for hydroxylation is 1. The molecule has 1 fully saturated rings. The average Bonchev–Trinajstić information content (AvgIpc) is 3.29. The van der Waals surface area contributed by atoms with Gasteiger partial charge in [-0.05, 0) is 42.3 Å². The molecule has 4 aromatic rings. The number of nitrogens with zero attached hydrogens (tertiary/aromatic N) is 5. The van der Waals surface area contributed by atoms with Gasteiger partial charge >= 0.3 is 0 Å². The third-order valence-corrected chi connectivity index (χ3v) is 5.07. The van der Waals surface area contributed by atoms with Crippen molar-refractivity contribution in [1.82, 2.24) is 25.1 Å². The van der Waals surface area contributed by atoms with Crippen LogP contribution in [0.25, 0.3) is 33.4 Å². The van der Waals surface area contributed by atoms with E-state index in [4.69, 9.17) is 9.72 Å². The van der Waals surface area contributed by atoms with E-state index in [1.54, 1.807) is 12.4 Å².